The molecule has 36 heteroatoms. The quantitative estimate of drug-likeness (QED) is 0.0214. The van der Waals surface area contributed by atoms with Gasteiger partial charge in [0, 0.05) is 65.7 Å². The van der Waals surface area contributed by atoms with E-state index < -0.39 is 134 Å². The first-order chi connectivity index (χ1) is 51.2. The maximum absolute atomic E-state index is 12.7. The molecule has 22 nitrogen and oxygen atoms in total. The Hall–Kier alpha value is -5.50. The maximum Gasteiger partial charge on any atom is 0.515 e. The van der Waals surface area contributed by atoms with Gasteiger partial charge < -0.3 is 83.5 Å². The Kier molecular flexibility index (Phi) is 23.5. The van der Waals surface area contributed by atoms with Crippen LogP contribution in [0.3, 0.4) is 0 Å². The standard InChI is InChI=1S/C72H92O22Si14/c1-61(2)71(73)75-57-39-59-95(5,6)77-97(9,10)79-99(13)81-101(63-41-23-15-24-42-63)85-105(67-49-31-19-32-50-67)89-103(65-45-27-17-28-46-65)83-100(14,80-98(11,12)78-96(7,8)60-40-58-76-72(74)62(3)4)84-104(66-47-29-18-30-48-66)91-107(93-105,69-53-35-21-36-54-69)87-102(82-99,64-43-25-16-26-44-64)88-108(92-104,70-55-37-22-38-56-70)94-106(86-101,90-103)68-51-33-20-34-52-68/h15-38,41-56H,1,3,39-40,57-60H2,2,4-14H3. The molecule has 6 aliphatic heterocycles. The molecule has 568 valence electrons. The van der Waals surface area contributed by atoms with Gasteiger partial charge in [-0.05, 0) is 91.2 Å². The molecule has 0 spiro atoms. The Morgan fingerprint density at radius 3 is 0.630 bits per heavy atom. The van der Waals surface area contributed by atoms with Gasteiger partial charge in [0.25, 0.3) is 0 Å². The molecule has 8 aromatic carbocycles. The molecule has 108 heavy (non-hydrogen) atoms. The normalized spacial score (nSPS) is 29.3. The first-order valence-electron chi connectivity index (χ1n) is 35.9. The zero-order valence-corrected chi connectivity index (χ0v) is 76.7. The van der Waals surface area contributed by atoms with Crippen molar-refractivity contribution in [3.8, 4) is 0 Å². The van der Waals surface area contributed by atoms with E-state index in [1.165, 1.54) is 0 Å². The van der Waals surface area contributed by atoms with Crippen molar-refractivity contribution in [3.05, 3.63) is 267 Å². The SMILES string of the molecule is C=C(C)C(=O)OCCC[Si](C)(C)O[Si](C)(C)O[Si]1(C)O[Si]2(c3ccccc3)O[Si]3(c4ccccc4)O[Si]4(c5ccccc5)O[Si](C)(O[Si](C)(C)O[Si](C)(C)CCCOC(=O)C(=C)C)O[Si]5(c6ccccc6)O[Si](c6ccccc6)(O[Si](c6ccccc6)(O1)O[Si](c1ccccc1)(O5)O[Si](c1ccccc1)(O2)O4)O3. The van der Waals surface area contributed by atoms with Crippen molar-refractivity contribution in [2.45, 2.75) is 104 Å². The average molecular weight is 1700 g/mol. The summed E-state index contributed by atoms with van der Waals surface area (Å²) in [5, 5.41) is 3.09. The summed E-state index contributed by atoms with van der Waals surface area (Å²) in [6, 6.07) is 76.4. The number of rotatable bonds is 26. The van der Waals surface area contributed by atoms with Crippen LogP contribution in [0.1, 0.15) is 26.7 Å². The highest BCUT2D eigenvalue weighted by Gasteiger charge is 2.84. The molecule has 6 saturated heterocycles. The van der Waals surface area contributed by atoms with Crippen LogP contribution in [-0.2, 0) is 93.1 Å². The summed E-state index contributed by atoms with van der Waals surface area (Å²) in [5.74, 6) is -0.933. The molecule has 0 N–H and O–H groups in total. The Labute approximate surface area is 648 Å². The van der Waals surface area contributed by atoms with E-state index in [9.17, 15) is 9.59 Å². The highest BCUT2D eigenvalue weighted by Crippen LogP contribution is 2.48. The van der Waals surface area contributed by atoms with Gasteiger partial charge in [-0.1, -0.05) is 256 Å². The van der Waals surface area contributed by atoms with Gasteiger partial charge in [-0.3, -0.25) is 0 Å². The fraction of sp³-hybridized carbons (Fsp3) is 0.250. The zero-order chi connectivity index (χ0) is 76.6. The van der Waals surface area contributed by atoms with Crippen LogP contribution in [0, 0.1) is 0 Å². The van der Waals surface area contributed by atoms with Gasteiger partial charge in [0.15, 0.2) is 16.6 Å². The van der Waals surface area contributed by atoms with E-state index in [-0.39, 0.29) is 13.2 Å². The second-order valence-electron chi connectivity index (χ2n) is 29.3. The summed E-state index contributed by atoms with van der Waals surface area (Å²) in [6.45, 7) is 31.0. The van der Waals surface area contributed by atoms with Gasteiger partial charge in [-0.15, -0.1) is 0 Å². The van der Waals surface area contributed by atoms with Crippen LogP contribution >= 0.6 is 0 Å². The number of carbonyl (C=O) groups excluding carboxylic acids is 2. The van der Waals surface area contributed by atoms with E-state index in [2.05, 4.69) is 39.3 Å². The van der Waals surface area contributed by atoms with Gasteiger partial charge in [0.05, 0.1) is 13.2 Å². The summed E-state index contributed by atoms with van der Waals surface area (Å²) in [4.78, 5) is 25.3. The third-order valence-electron chi connectivity index (χ3n) is 17.9. The summed E-state index contributed by atoms with van der Waals surface area (Å²) in [6.07, 6.45) is 1.01. The van der Waals surface area contributed by atoms with Gasteiger partial charge in [0.1, 0.15) is 0 Å². The van der Waals surface area contributed by atoms with E-state index in [1.54, 1.807) is 26.9 Å². The van der Waals surface area contributed by atoms with Crippen LogP contribution in [0.4, 0.5) is 0 Å². The maximum atomic E-state index is 12.7. The number of fused-ring (bicyclic) bond motifs is 4. The van der Waals surface area contributed by atoms with Gasteiger partial charge >= 0.3 is 117 Å². The largest absolute Gasteiger partial charge is 0.515 e. The second kappa shape index (κ2) is 31.5. The summed E-state index contributed by atoms with van der Waals surface area (Å²) in [5.41, 5.74) is 0.618. The smallest absolute Gasteiger partial charge is 0.462 e. The molecule has 0 saturated carbocycles. The van der Waals surface area contributed by atoms with Gasteiger partial charge in [0.2, 0.25) is 0 Å². The molecule has 6 fully saturated rings. The van der Waals surface area contributed by atoms with Crippen molar-refractivity contribution in [3.63, 3.8) is 0 Å². The third-order valence-corrected chi connectivity index (χ3v) is 76.3. The molecule has 0 amide bonds. The first-order valence-corrected chi connectivity index (χ1v) is 66.1. The lowest BCUT2D eigenvalue weighted by Crippen LogP contribution is -2.93. The van der Waals surface area contributed by atoms with Crippen molar-refractivity contribution in [2.75, 3.05) is 13.2 Å². The van der Waals surface area contributed by atoms with Crippen LogP contribution in [0.5, 0.6) is 0 Å². The molecule has 0 atom stereocenters. The predicted octanol–water partition coefficient (Wildman–Crippen LogP) is 9.09. The molecule has 8 aromatic rings. The topological polar surface area (TPSA) is 219 Å². The monoisotopic (exact) mass is 1700 g/mol. The number of esters is 2. The zero-order valence-electron chi connectivity index (χ0n) is 62.7. The lowest BCUT2D eigenvalue weighted by Gasteiger charge is -2.60. The molecule has 8 bridgehead atoms. The van der Waals surface area contributed by atoms with Crippen LogP contribution in [-0.4, -0.2) is 147 Å². The number of hydrogen-bond acceptors (Lipinski definition) is 22. The number of ether oxygens (including phenoxy) is 2. The van der Waals surface area contributed by atoms with Gasteiger partial charge in [-0.25, -0.2) is 9.59 Å². The predicted molar refractivity (Wildman–Crippen MR) is 438 cm³/mol. The molecule has 6 aliphatic rings. The molecule has 0 aromatic heterocycles. The molecule has 6 heterocycles. The van der Waals surface area contributed by atoms with Crippen LogP contribution in [0.15, 0.2) is 267 Å². The lowest BCUT2D eigenvalue weighted by atomic mass is 10.4. The first kappa shape index (κ1) is 80.5. The molecule has 0 unspecified atom stereocenters. The highest BCUT2D eigenvalue weighted by molar-refractivity contribution is 7.13. The van der Waals surface area contributed by atoms with E-state index >= 15 is 0 Å². The molecule has 14 rings (SSSR count). The van der Waals surface area contributed by atoms with E-state index in [4.69, 9.17) is 83.5 Å². The van der Waals surface area contributed by atoms with Crippen molar-refractivity contribution in [2.24, 2.45) is 0 Å². The van der Waals surface area contributed by atoms with Crippen molar-refractivity contribution >= 4 is 175 Å². The van der Waals surface area contributed by atoms with E-state index in [1.807, 2.05) is 269 Å². The fourth-order valence-corrected chi connectivity index (χ4v) is 89.9. The van der Waals surface area contributed by atoms with Crippen molar-refractivity contribution in [1.82, 2.24) is 0 Å². The fourth-order valence-electron chi connectivity index (χ4n) is 13.9. The number of carbonyl (C=O) groups is 2. The third kappa shape index (κ3) is 17.5. The number of hydrogen-bond donors (Lipinski definition) is 0. The van der Waals surface area contributed by atoms with Crippen molar-refractivity contribution < 1.29 is 93.1 Å². The lowest BCUT2D eigenvalue weighted by molar-refractivity contribution is -0.139. The van der Waals surface area contributed by atoms with Crippen LogP contribution < -0.4 is 41.5 Å². The molecule has 0 radical (unpaired) electrons. The molecule has 0 aliphatic carbocycles. The van der Waals surface area contributed by atoms with Crippen molar-refractivity contribution in [1.29, 1.82) is 0 Å². The second-order valence-corrected chi connectivity index (χ2v) is 74.6. The highest BCUT2D eigenvalue weighted by atomic mass is 28.6. The van der Waals surface area contributed by atoms with E-state index in [0.717, 1.165) is 0 Å². The Balaban J connectivity index is 1.19. The van der Waals surface area contributed by atoms with Gasteiger partial charge in [-0.2, -0.15) is 0 Å². The minimum atomic E-state index is -5.52. The summed E-state index contributed by atoms with van der Waals surface area (Å²) in [7, 11) is -66.7. The van der Waals surface area contributed by atoms with Crippen LogP contribution in [0.2, 0.25) is 77.6 Å². The summed E-state index contributed by atoms with van der Waals surface area (Å²) < 4.78 is 163. The van der Waals surface area contributed by atoms with E-state index in [0.29, 0.717) is 77.6 Å². The van der Waals surface area contributed by atoms with Crippen LogP contribution in [0.25, 0.3) is 0 Å². The Bertz CT molecular complexity index is 3960. The average Bonchev–Trinajstić information content (AvgIpc) is 0.675. The Morgan fingerprint density at radius 2 is 0.463 bits per heavy atom. The number of benzene rings is 8. The Morgan fingerprint density at radius 1 is 0.296 bits per heavy atom. The molecular weight excluding hydrogens is 1610 g/mol. The minimum Gasteiger partial charge on any atom is -0.462 e. The molecular formula is C72H92O22Si14. The minimum absolute atomic E-state index is 0.158. The summed E-state index contributed by atoms with van der Waals surface area (Å²) >= 11 is 0.